The van der Waals surface area contributed by atoms with E-state index in [1.165, 1.54) is 6.07 Å². The van der Waals surface area contributed by atoms with Gasteiger partial charge in [0.1, 0.15) is 5.69 Å². The molecule has 0 spiro atoms. The number of nitrogens with one attached hydrogen (secondary N) is 3. The van der Waals surface area contributed by atoms with Crippen molar-refractivity contribution < 1.29 is 4.79 Å². The lowest BCUT2D eigenvalue weighted by Crippen LogP contribution is -2.27. The molecular formula is C20H19N5O2. The van der Waals surface area contributed by atoms with Crippen LogP contribution < -0.4 is 10.9 Å². The fraction of sp³-hybridized carbons (Fsp3) is 0.150. The van der Waals surface area contributed by atoms with Gasteiger partial charge in [0, 0.05) is 22.7 Å². The zero-order chi connectivity index (χ0) is 19.0. The van der Waals surface area contributed by atoms with Crippen molar-refractivity contribution in [1.29, 1.82) is 0 Å². The van der Waals surface area contributed by atoms with Gasteiger partial charge in [0.25, 0.3) is 11.5 Å². The normalized spacial score (nSPS) is 12.2. The summed E-state index contributed by atoms with van der Waals surface area (Å²) in [6, 6.07) is 15.2. The molecule has 7 heteroatoms. The number of aromatic nitrogens is 4. The topological polar surface area (TPSA) is 95.6 Å². The number of carbonyl (C=O) groups is 1. The van der Waals surface area contributed by atoms with Gasteiger partial charge in [0.2, 0.25) is 0 Å². The molecule has 27 heavy (non-hydrogen) atoms. The quantitative estimate of drug-likeness (QED) is 0.521. The van der Waals surface area contributed by atoms with Gasteiger partial charge in [-0.3, -0.25) is 19.8 Å². The molecular weight excluding hydrogens is 342 g/mol. The molecule has 0 radical (unpaired) electrons. The first kappa shape index (κ1) is 16.8. The van der Waals surface area contributed by atoms with Crippen LogP contribution in [0, 0.1) is 6.92 Å². The predicted molar refractivity (Wildman–Crippen MR) is 103 cm³/mol. The molecule has 0 fully saturated rings. The molecule has 0 aliphatic rings. The number of rotatable bonds is 4. The van der Waals surface area contributed by atoms with Crippen molar-refractivity contribution in [2.75, 3.05) is 0 Å². The maximum Gasteiger partial charge on any atom is 0.269 e. The van der Waals surface area contributed by atoms with E-state index in [9.17, 15) is 9.59 Å². The SMILES string of the molecule is Cc1c([C@H](C)NC(=O)c2cc(=O)[nH][nH]2)cnn1-c1cccc2ccccc12. The van der Waals surface area contributed by atoms with Crippen molar-refractivity contribution >= 4 is 16.7 Å². The van der Waals surface area contributed by atoms with Crippen molar-refractivity contribution in [3.8, 4) is 5.69 Å². The van der Waals surface area contributed by atoms with Gasteiger partial charge < -0.3 is 5.32 Å². The van der Waals surface area contributed by atoms with Crippen LogP contribution >= 0.6 is 0 Å². The highest BCUT2D eigenvalue weighted by molar-refractivity contribution is 5.92. The molecule has 0 saturated heterocycles. The molecule has 2 aromatic heterocycles. The second-order valence-corrected chi connectivity index (χ2v) is 6.46. The second kappa shape index (κ2) is 6.60. The summed E-state index contributed by atoms with van der Waals surface area (Å²) in [6.45, 7) is 3.87. The highest BCUT2D eigenvalue weighted by Gasteiger charge is 2.18. The zero-order valence-corrected chi connectivity index (χ0v) is 15.0. The van der Waals surface area contributed by atoms with Crippen molar-refractivity contribution in [2.24, 2.45) is 0 Å². The highest BCUT2D eigenvalue weighted by atomic mass is 16.2. The van der Waals surface area contributed by atoms with Crippen LogP contribution in [0.4, 0.5) is 0 Å². The van der Waals surface area contributed by atoms with Gasteiger partial charge in [-0.1, -0.05) is 36.4 Å². The Bertz CT molecular complexity index is 1180. The monoisotopic (exact) mass is 361 g/mol. The van der Waals surface area contributed by atoms with E-state index in [-0.39, 0.29) is 23.2 Å². The third-order valence-electron chi connectivity index (χ3n) is 4.70. The molecule has 2 aromatic carbocycles. The number of H-pyrrole nitrogens is 2. The first-order valence-electron chi connectivity index (χ1n) is 8.66. The summed E-state index contributed by atoms with van der Waals surface area (Å²) in [7, 11) is 0. The molecule has 4 aromatic rings. The van der Waals surface area contributed by atoms with Crippen LogP contribution in [0.5, 0.6) is 0 Å². The molecule has 0 bridgehead atoms. The van der Waals surface area contributed by atoms with Crippen molar-refractivity contribution in [1.82, 2.24) is 25.3 Å². The Morgan fingerprint density at radius 3 is 2.70 bits per heavy atom. The summed E-state index contributed by atoms with van der Waals surface area (Å²) in [5, 5.41) is 14.6. The van der Waals surface area contributed by atoms with Crippen LogP contribution in [0.1, 0.15) is 34.7 Å². The zero-order valence-electron chi connectivity index (χ0n) is 15.0. The lowest BCUT2D eigenvalue weighted by Gasteiger charge is -2.14. The van der Waals surface area contributed by atoms with Gasteiger partial charge in [-0.05, 0) is 25.3 Å². The van der Waals surface area contributed by atoms with Crippen molar-refractivity contribution in [3.63, 3.8) is 0 Å². The summed E-state index contributed by atoms with van der Waals surface area (Å²) < 4.78 is 1.89. The molecule has 0 aliphatic heterocycles. The van der Waals surface area contributed by atoms with Gasteiger partial charge in [-0.2, -0.15) is 5.10 Å². The number of benzene rings is 2. The van der Waals surface area contributed by atoms with E-state index in [0.717, 1.165) is 27.7 Å². The largest absolute Gasteiger partial charge is 0.344 e. The van der Waals surface area contributed by atoms with Crippen molar-refractivity contribution in [2.45, 2.75) is 19.9 Å². The number of hydrogen-bond donors (Lipinski definition) is 3. The van der Waals surface area contributed by atoms with Crippen LogP contribution in [0.2, 0.25) is 0 Å². The van der Waals surface area contributed by atoms with E-state index in [4.69, 9.17) is 0 Å². The fourth-order valence-corrected chi connectivity index (χ4v) is 3.29. The maximum atomic E-state index is 12.3. The molecule has 0 saturated carbocycles. The summed E-state index contributed by atoms with van der Waals surface area (Å²) >= 11 is 0. The van der Waals surface area contributed by atoms with Crippen LogP contribution in [-0.2, 0) is 0 Å². The third kappa shape index (κ3) is 3.03. The summed E-state index contributed by atoms with van der Waals surface area (Å²) in [5.74, 6) is -0.349. The Morgan fingerprint density at radius 1 is 1.15 bits per heavy atom. The molecule has 4 rings (SSSR count). The van der Waals surface area contributed by atoms with Crippen LogP contribution in [0.15, 0.2) is 59.5 Å². The van der Waals surface area contributed by atoms with E-state index < -0.39 is 0 Å². The molecule has 0 unspecified atom stereocenters. The van der Waals surface area contributed by atoms with Crippen LogP contribution in [0.25, 0.3) is 16.5 Å². The Kier molecular flexibility index (Phi) is 4.12. The maximum absolute atomic E-state index is 12.3. The molecule has 3 N–H and O–H groups in total. The Morgan fingerprint density at radius 2 is 1.93 bits per heavy atom. The second-order valence-electron chi connectivity index (χ2n) is 6.46. The molecule has 1 amide bonds. The fourth-order valence-electron chi connectivity index (χ4n) is 3.29. The third-order valence-corrected chi connectivity index (χ3v) is 4.70. The van der Waals surface area contributed by atoms with E-state index in [0.29, 0.717) is 0 Å². The Balaban J connectivity index is 1.65. The van der Waals surface area contributed by atoms with Crippen LogP contribution in [-0.4, -0.2) is 25.9 Å². The number of amides is 1. The number of fused-ring (bicyclic) bond motifs is 1. The van der Waals surface area contributed by atoms with Gasteiger partial charge in [-0.15, -0.1) is 0 Å². The van der Waals surface area contributed by atoms with E-state index in [2.05, 4.69) is 38.8 Å². The average Bonchev–Trinajstić information content (AvgIpc) is 3.27. The van der Waals surface area contributed by atoms with Gasteiger partial charge >= 0.3 is 0 Å². The number of nitrogens with zero attached hydrogens (tertiary/aromatic N) is 2. The summed E-state index contributed by atoms with van der Waals surface area (Å²) in [6.07, 6.45) is 1.77. The Hall–Kier alpha value is -3.61. The lowest BCUT2D eigenvalue weighted by molar-refractivity contribution is 0.0934. The van der Waals surface area contributed by atoms with E-state index in [1.54, 1.807) is 6.20 Å². The predicted octanol–water partition coefficient (Wildman–Crippen LogP) is 2.84. The molecule has 1 atom stereocenters. The van der Waals surface area contributed by atoms with E-state index in [1.807, 2.05) is 42.8 Å². The number of carbonyl (C=O) groups excluding carboxylic acids is 1. The molecule has 2 heterocycles. The Labute approximate surface area is 155 Å². The van der Waals surface area contributed by atoms with Gasteiger partial charge in [0.15, 0.2) is 0 Å². The smallest absolute Gasteiger partial charge is 0.269 e. The van der Waals surface area contributed by atoms with Crippen LogP contribution in [0.3, 0.4) is 0 Å². The molecule has 0 aliphatic carbocycles. The first-order valence-corrected chi connectivity index (χ1v) is 8.66. The minimum atomic E-state index is -0.349. The average molecular weight is 361 g/mol. The first-order chi connectivity index (χ1) is 13.0. The summed E-state index contributed by atoms with van der Waals surface area (Å²) in [4.78, 5) is 23.5. The molecule has 136 valence electrons. The van der Waals surface area contributed by atoms with Gasteiger partial charge in [0.05, 0.1) is 17.9 Å². The highest BCUT2D eigenvalue weighted by Crippen LogP contribution is 2.25. The number of aromatic amines is 2. The number of hydrogen-bond acceptors (Lipinski definition) is 3. The molecule has 7 nitrogen and oxygen atoms in total. The van der Waals surface area contributed by atoms with Gasteiger partial charge in [-0.25, -0.2) is 4.68 Å². The minimum Gasteiger partial charge on any atom is -0.344 e. The lowest BCUT2D eigenvalue weighted by atomic mass is 10.1. The standard InChI is InChI=1S/C20H19N5O2/c1-12(22-20(27)17-10-19(26)24-23-17)16-11-21-25(13(16)2)18-9-5-7-14-6-3-4-8-15(14)18/h3-12H,1-2H3,(H,22,27)(H2,23,24,26)/t12-/m0/s1. The van der Waals surface area contributed by atoms with Crippen molar-refractivity contribution in [3.05, 3.63) is 82.0 Å². The van der Waals surface area contributed by atoms with E-state index >= 15 is 0 Å². The minimum absolute atomic E-state index is 0.200. The summed E-state index contributed by atoms with van der Waals surface area (Å²) in [5.41, 5.74) is 2.71.